The largest absolute Gasteiger partial charge is 0.325 e. The highest BCUT2D eigenvalue weighted by Gasteiger charge is 2.09. The number of hydrogen-bond acceptors (Lipinski definition) is 3. The minimum absolute atomic E-state index is 0.193. The van der Waals surface area contributed by atoms with Gasteiger partial charge in [-0.05, 0) is 0 Å². The Morgan fingerprint density at radius 2 is 2.11 bits per heavy atom. The maximum Gasteiger partial charge on any atom is 0.325 e. The Hall–Kier alpha value is -0.560. The van der Waals surface area contributed by atoms with Gasteiger partial charge in [0.05, 0.1) is 5.92 Å². The van der Waals surface area contributed by atoms with Gasteiger partial charge in [0.1, 0.15) is 12.6 Å². The van der Waals surface area contributed by atoms with Gasteiger partial charge in [0, 0.05) is 6.42 Å². The van der Waals surface area contributed by atoms with Crippen LogP contribution in [0, 0.1) is 5.92 Å². The first kappa shape index (κ1) is 8.44. The van der Waals surface area contributed by atoms with E-state index in [-0.39, 0.29) is 12.3 Å². The summed E-state index contributed by atoms with van der Waals surface area (Å²) in [5.74, 6) is -0.335. The van der Waals surface area contributed by atoms with Crippen molar-refractivity contribution in [2.45, 2.75) is 6.42 Å². The SMILES string of the molecule is O=CCC(C=O)C[PH+]=O. The van der Waals surface area contributed by atoms with Crippen molar-refractivity contribution in [1.82, 2.24) is 0 Å². The normalized spacial score (nSPS) is 12.9. The maximum atomic E-state index is 9.99. The summed E-state index contributed by atoms with van der Waals surface area (Å²) >= 11 is 0. The zero-order valence-electron chi connectivity index (χ0n) is 4.87. The zero-order valence-corrected chi connectivity index (χ0v) is 5.87. The lowest BCUT2D eigenvalue weighted by Crippen LogP contribution is -2.03. The fraction of sp³-hybridized carbons (Fsp3) is 0.600. The quantitative estimate of drug-likeness (QED) is 0.418. The van der Waals surface area contributed by atoms with Gasteiger partial charge in [-0.3, -0.25) is 0 Å². The Balaban J connectivity index is 3.51. The minimum atomic E-state index is -0.485. The van der Waals surface area contributed by atoms with Crippen LogP contribution in [0.1, 0.15) is 6.42 Å². The van der Waals surface area contributed by atoms with Crippen LogP contribution in [0.5, 0.6) is 0 Å². The Kier molecular flexibility index (Phi) is 5.23. The van der Waals surface area contributed by atoms with Crippen molar-refractivity contribution >= 4 is 21.0 Å². The Labute approximate surface area is 54.6 Å². The summed E-state index contributed by atoms with van der Waals surface area (Å²) in [7, 11) is -0.485. The molecule has 0 fully saturated rings. The van der Waals surface area contributed by atoms with E-state index in [1.807, 2.05) is 0 Å². The Morgan fingerprint density at radius 1 is 1.44 bits per heavy atom. The monoisotopic (exact) mass is 147 g/mol. The molecule has 0 heterocycles. The van der Waals surface area contributed by atoms with E-state index in [0.29, 0.717) is 18.7 Å². The number of rotatable bonds is 5. The van der Waals surface area contributed by atoms with Gasteiger partial charge >= 0.3 is 8.46 Å². The summed E-state index contributed by atoms with van der Waals surface area (Å²) in [6.45, 7) is 0. The van der Waals surface area contributed by atoms with Gasteiger partial charge in [0.2, 0.25) is 0 Å². The van der Waals surface area contributed by atoms with Gasteiger partial charge in [0.15, 0.2) is 6.16 Å². The van der Waals surface area contributed by atoms with E-state index in [9.17, 15) is 14.2 Å². The molecule has 0 aliphatic rings. The standard InChI is InChI=1S/C5H7O3P/c6-2-1-5(3-7)4-9-8/h2-3,5H,1,4H2/p+1. The van der Waals surface area contributed by atoms with Crippen molar-refractivity contribution in [3.63, 3.8) is 0 Å². The second-order valence-electron chi connectivity index (χ2n) is 1.65. The molecule has 9 heavy (non-hydrogen) atoms. The van der Waals surface area contributed by atoms with Crippen LogP contribution in [0.2, 0.25) is 0 Å². The molecule has 50 valence electrons. The predicted octanol–water partition coefficient (Wildman–Crippen LogP) is 0.414. The summed E-state index contributed by atoms with van der Waals surface area (Å²) in [6, 6.07) is 0. The molecule has 0 saturated heterocycles. The highest BCUT2D eigenvalue weighted by atomic mass is 31.1. The fourth-order valence-corrected chi connectivity index (χ4v) is 0.895. The second-order valence-corrected chi connectivity index (χ2v) is 2.34. The van der Waals surface area contributed by atoms with E-state index in [2.05, 4.69) is 0 Å². The minimum Gasteiger partial charge on any atom is -0.303 e. The first-order chi connectivity index (χ1) is 4.35. The molecule has 0 aromatic carbocycles. The van der Waals surface area contributed by atoms with Crippen LogP contribution in [0.3, 0.4) is 0 Å². The molecule has 0 aliphatic carbocycles. The first-order valence-electron chi connectivity index (χ1n) is 2.59. The Bertz CT molecular complexity index is 103. The molecule has 0 saturated carbocycles. The van der Waals surface area contributed by atoms with Crippen LogP contribution in [-0.2, 0) is 14.2 Å². The lowest BCUT2D eigenvalue weighted by Gasteiger charge is -1.91. The van der Waals surface area contributed by atoms with Crippen LogP contribution >= 0.6 is 8.46 Å². The average molecular weight is 147 g/mol. The van der Waals surface area contributed by atoms with E-state index in [1.165, 1.54) is 0 Å². The summed E-state index contributed by atoms with van der Waals surface area (Å²) in [4.78, 5) is 19.8. The maximum absolute atomic E-state index is 9.99. The number of carbonyl (C=O) groups is 2. The summed E-state index contributed by atoms with van der Waals surface area (Å²) < 4.78 is 9.93. The van der Waals surface area contributed by atoms with Crippen molar-refractivity contribution in [3.05, 3.63) is 0 Å². The van der Waals surface area contributed by atoms with Gasteiger partial charge in [0.25, 0.3) is 0 Å². The molecule has 0 N–H and O–H groups in total. The van der Waals surface area contributed by atoms with Crippen molar-refractivity contribution in [3.8, 4) is 0 Å². The topological polar surface area (TPSA) is 51.2 Å². The summed E-state index contributed by atoms with van der Waals surface area (Å²) in [6.07, 6.45) is 1.83. The number of hydrogen-bond donors (Lipinski definition) is 0. The van der Waals surface area contributed by atoms with Crippen LogP contribution in [-0.4, -0.2) is 18.7 Å². The van der Waals surface area contributed by atoms with Crippen molar-refractivity contribution in [2.75, 3.05) is 6.16 Å². The van der Waals surface area contributed by atoms with Crippen LogP contribution in [0.15, 0.2) is 0 Å². The van der Waals surface area contributed by atoms with Gasteiger partial charge in [-0.15, -0.1) is 0 Å². The second kappa shape index (κ2) is 5.57. The molecule has 0 rings (SSSR count). The van der Waals surface area contributed by atoms with E-state index in [0.717, 1.165) is 0 Å². The molecular formula is C5H8O3P+. The average Bonchev–Trinajstić information content (AvgIpc) is 1.88. The third kappa shape index (κ3) is 3.98. The number of aldehydes is 2. The molecule has 0 aromatic heterocycles. The third-order valence-corrected chi connectivity index (χ3v) is 1.63. The first-order valence-corrected chi connectivity index (χ1v) is 3.70. The highest BCUT2D eigenvalue weighted by molar-refractivity contribution is 7.23. The molecule has 2 atom stereocenters. The van der Waals surface area contributed by atoms with Gasteiger partial charge in [-0.25, -0.2) is 0 Å². The van der Waals surface area contributed by atoms with Crippen LogP contribution in [0.25, 0.3) is 0 Å². The molecule has 0 aliphatic heterocycles. The van der Waals surface area contributed by atoms with Crippen molar-refractivity contribution in [2.24, 2.45) is 5.92 Å². The van der Waals surface area contributed by atoms with E-state index in [4.69, 9.17) is 0 Å². The summed E-state index contributed by atoms with van der Waals surface area (Å²) in [5, 5.41) is 0. The van der Waals surface area contributed by atoms with Crippen LogP contribution in [0.4, 0.5) is 0 Å². The third-order valence-electron chi connectivity index (χ3n) is 0.937. The Morgan fingerprint density at radius 3 is 2.44 bits per heavy atom. The van der Waals surface area contributed by atoms with Gasteiger partial charge < -0.3 is 9.59 Å². The molecule has 3 nitrogen and oxygen atoms in total. The summed E-state index contributed by atoms with van der Waals surface area (Å²) in [5.41, 5.74) is 0. The zero-order chi connectivity index (χ0) is 7.11. The molecule has 0 bridgehead atoms. The fourth-order valence-electron chi connectivity index (χ4n) is 0.418. The van der Waals surface area contributed by atoms with E-state index in [1.54, 1.807) is 0 Å². The predicted molar refractivity (Wildman–Crippen MR) is 34.1 cm³/mol. The van der Waals surface area contributed by atoms with E-state index < -0.39 is 8.46 Å². The molecular weight excluding hydrogens is 139 g/mol. The van der Waals surface area contributed by atoms with E-state index >= 15 is 0 Å². The molecule has 0 radical (unpaired) electrons. The van der Waals surface area contributed by atoms with Gasteiger partial charge in [-0.2, -0.15) is 0 Å². The highest BCUT2D eigenvalue weighted by Crippen LogP contribution is 2.04. The molecule has 2 unspecified atom stereocenters. The molecule has 4 heteroatoms. The smallest absolute Gasteiger partial charge is 0.303 e. The molecule has 0 amide bonds. The number of carbonyl (C=O) groups excluding carboxylic acids is 2. The van der Waals surface area contributed by atoms with Gasteiger partial charge in [-0.1, -0.05) is 4.57 Å². The van der Waals surface area contributed by atoms with Crippen molar-refractivity contribution in [1.29, 1.82) is 0 Å². The van der Waals surface area contributed by atoms with Crippen LogP contribution < -0.4 is 0 Å². The lowest BCUT2D eigenvalue weighted by atomic mass is 10.1. The molecule has 0 spiro atoms. The van der Waals surface area contributed by atoms with Crippen molar-refractivity contribution < 1.29 is 14.2 Å². The lowest BCUT2D eigenvalue weighted by molar-refractivity contribution is -0.114. The molecule has 0 aromatic rings.